The fraction of sp³-hybridized carbons (Fsp3) is 0.417. The number of carbonyl (C=O) groups excluding carboxylic acids is 1. The second kappa shape index (κ2) is 8.06. The molecule has 0 heterocycles. The average molecular weight is 338 g/mol. The number of methoxy groups -OCH3 is 1. The number of benzene rings is 1. The minimum Gasteiger partial charge on any atom is -0.435 e. The van der Waals surface area contributed by atoms with Crippen molar-refractivity contribution < 1.29 is 23.0 Å². The van der Waals surface area contributed by atoms with Gasteiger partial charge in [0.05, 0.1) is 12.6 Å². The molecular weight excluding hydrogens is 324 g/mol. The fourth-order valence-corrected chi connectivity index (χ4v) is 1.73. The molecular formula is C12H14BrF2NO3. The lowest BCUT2D eigenvalue weighted by Gasteiger charge is -2.15. The average Bonchev–Trinajstić information content (AvgIpc) is 2.38. The Kier molecular flexibility index (Phi) is 6.72. The van der Waals surface area contributed by atoms with Crippen molar-refractivity contribution in [1.82, 2.24) is 5.32 Å². The predicted octanol–water partition coefficient (Wildman–Crippen LogP) is 2.43. The molecule has 0 saturated heterocycles. The number of halogens is 3. The Labute approximate surface area is 118 Å². The first kappa shape index (κ1) is 15.8. The molecule has 1 aromatic carbocycles. The summed E-state index contributed by atoms with van der Waals surface area (Å²) in [6.07, 6.45) is 0. The molecule has 19 heavy (non-hydrogen) atoms. The van der Waals surface area contributed by atoms with Gasteiger partial charge in [-0.15, -0.1) is 0 Å². The quantitative estimate of drug-likeness (QED) is 0.777. The zero-order valence-electron chi connectivity index (χ0n) is 10.2. The van der Waals surface area contributed by atoms with Gasteiger partial charge >= 0.3 is 6.61 Å². The summed E-state index contributed by atoms with van der Waals surface area (Å²) < 4.78 is 33.1. The normalized spacial score (nSPS) is 12.3. The maximum atomic E-state index is 12.0. The van der Waals surface area contributed by atoms with Crippen LogP contribution in [-0.4, -0.2) is 37.6 Å². The molecule has 0 aliphatic carbocycles. The lowest BCUT2D eigenvalue weighted by atomic mass is 10.2. The van der Waals surface area contributed by atoms with E-state index in [9.17, 15) is 13.6 Å². The number of alkyl halides is 3. The van der Waals surface area contributed by atoms with E-state index in [4.69, 9.17) is 4.74 Å². The second-order valence-corrected chi connectivity index (χ2v) is 4.33. The van der Waals surface area contributed by atoms with E-state index >= 15 is 0 Å². The third-order valence-electron chi connectivity index (χ3n) is 2.23. The number of hydrogen-bond acceptors (Lipinski definition) is 3. The van der Waals surface area contributed by atoms with Gasteiger partial charge in [0.25, 0.3) is 5.91 Å². The molecule has 0 radical (unpaired) electrons. The number of hydrogen-bond donors (Lipinski definition) is 1. The van der Waals surface area contributed by atoms with E-state index in [1.807, 2.05) is 0 Å². The SMILES string of the molecule is COCC(CBr)NC(=O)c1ccc(OC(F)F)cc1. The van der Waals surface area contributed by atoms with Crippen LogP contribution in [0.2, 0.25) is 0 Å². The largest absolute Gasteiger partial charge is 0.435 e. The molecule has 1 amide bonds. The summed E-state index contributed by atoms with van der Waals surface area (Å²) in [5.74, 6) is -0.287. The highest BCUT2D eigenvalue weighted by Crippen LogP contribution is 2.15. The van der Waals surface area contributed by atoms with Crippen molar-refractivity contribution in [2.45, 2.75) is 12.7 Å². The minimum atomic E-state index is -2.88. The molecule has 0 fully saturated rings. The Morgan fingerprint density at radius 1 is 1.37 bits per heavy atom. The molecule has 0 aromatic heterocycles. The summed E-state index contributed by atoms with van der Waals surface area (Å²) in [6, 6.07) is 5.33. The molecule has 106 valence electrons. The number of ether oxygens (including phenoxy) is 2. The van der Waals surface area contributed by atoms with Gasteiger partial charge in [0.2, 0.25) is 0 Å². The number of carbonyl (C=O) groups is 1. The van der Waals surface area contributed by atoms with Crippen LogP contribution in [0.5, 0.6) is 5.75 Å². The monoisotopic (exact) mass is 337 g/mol. The molecule has 1 rings (SSSR count). The van der Waals surface area contributed by atoms with E-state index < -0.39 is 6.61 Å². The van der Waals surface area contributed by atoms with Crippen molar-refractivity contribution in [2.75, 3.05) is 19.0 Å². The van der Waals surface area contributed by atoms with Gasteiger partial charge in [-0.05, 0) is 24.3 Å². The van der Waals surface area contributed by atoms with E-state index in [0.29, 0.717) is 17.5 Å². The Hall–Kier alpha value is -1.21. The standard InChI is InChI=1S/C12H14BrF2NO3/c1-18-7-9(6-13)16-11(17)8-2-4-10(5-3-8)19-12(14)15/h2-5,9,12H,6-7H2,1H3,(H,16,17). The summed E-state index contributed by atoms with van der Waals surface area (Å²) in [4.78, 5) is 11.8. The first-order valence-corrected chi connectivity index (χ1v) is 6.59. The molecule has 1 N–H and O–H groups in total. The van der Waals surface area contributed by atoms with Crippen molar-refractivity contribution in [3.63, 3.8) is 0 Å². The highest BCUT2D eigenvalue weighted by Gasteiger charge is 2.13. The molecule has 0 saturated carbocycles. The van der Waals surface area contributed by atoms with Gasteiger partial charge in [0.15, 0.2) is 0 Å². The van der Waals surface area contributed by atoms with Crippen LogP contribution in [-0.2, 0) is 4.74 Å². The zero-order chi connectivity index (χ0) is 14.3. The summed E-state index contributed by atoms with van der Waals surface area (Å²) in [6.45, 7) is -2.50. The molecule has 1 unspecified atom stereocenters. The van der Waals surface area contributed by atoms with Crippen LogP contribution in [0.3, 0.4) is 0 Å². The molecule has 4 nitrogen and oxygen atoms in total. The Morgan fingerprint density at radius 3 is 2.47 bits per heavy atom. The molecule has 0 aliphatic rings. The van der Waals surface area contributed by atoms with Crippen molar-refractivity contribution in [1.29, 1.82) is 0 Å². The molecule has 7 heteroatoms. The summed E-state index contributed by atoms with van der Waals surface area (Å²) >= 11 is 3.26. The van der Waals surface area contributed by atoms with Gasteiger partial charge in [-0.2, -0.15) is 8.78 Å². The van der Waals surface area contributed by atoms with E-state index in [1.165, 1.54) is 31.4 Å². The smallest absolute Gasteiger partial charge is 0.387 e. The van der Waals surface area contributed by atoms with Crippen LogP contribution in [0, 0.1) is 0 Å². The summed E-state index contributed by atoms with van der Waals surface area (Å²) in [5, 5.41) is 3.30. The van der Waals surface area contributed by atoms with Crippen LogP contribution in [0.1, 0.15) is 10.4 Å². The number of nitrogens with one attached hydrogen (secondary N) is 1. The van der Waals surface area contributed by atoms with Gasteiger partial charge < -0.3 is 14.8 Å². The van der Waals surface area contributed by atoms with Gasteiger partial charge in [-0.1, -0.05) is 15.9 Å². The maximum Gasteiger partial charge on any atom is 0.387 e. The fourth-order valence-electron chi connectivity index (χ4n) is 1.38. The van der Waals surface area contributed by atoms with Crippen LogP contribution in [0.25, 0.3) is 0 Å². The molecule has 1 atom stereocenters. The number of rotatable bonds is 7. The maximum absolute atomic E-state index is 12.0. The lowest BCUT2D eigenvalue weighted by Crippen LogP contribution is -2.39. The Bertz CT molecular complexity index is 400. The van der Waals surface area contributed by atoms with Crippen LogP contribution in [0.15, 0.2) is 24.3 Å². The lowest BCUT2D eigenvalue weighted by molar-refractivity contribution is -0.0498. The van der Waals surface area contributed by atoms with Gasteiger partial charge in [0, 0.05) is 18.0 Å². The summed E-state index contributed by atoms with van der Waals surface area (Å²) in [5.41, 5.74) is 0.365. The molecule has 1 aromatic rings. The van der Waals surface area contributed by atoms with Crippen LogP contribution in [0.4, 0.5) is 8.78 Å². The molecule has 0 bridgehead atoms. The van der Waals surface area contributed by atoms with Crippen molar-refractivity contribution in [3.05, 3.63) is 29.8 Å². The van der Waals surface area contributed by atoms with E-state index in [2.05, 4.69) is 26.0 Å². The molecule has 0 spiro atoms. The Balaban J connectivity index is 2.62. The highest BCUT2D eigenvalue weighted by molar-refractivity contribution is 9.09. The van der Waals surface area contributed by atoms with E-state index in [1.54, 1.807) is 0 Å². The first-order chi connectivity index (χ1) is 9.06. The van der Waals surface area contributed by atoms with Crippen LogP contribution < -0.4 is 10.1 Å². The van der Waals surface area contributed by atoms with Gasteiger partial charge in [-0.25, -0.2) is 0 Å². The minimum absolute atomic E-state index is 0.0143. The van der Waals surface area contributed by atoms with Gasteiger partial charge in [0.1, 0.15) is 5.75 Å². The molecule has 0 aliphatic heterocycles. The van der Waals surface area contributed by atoms with Crippen LogP contribution >= 0.6 is 15.9 Å². The third kappa shape index (κ3) is 5.52. The van der Waals surface area contributed by atoms with Crippen molar-refractivity contribution in [2.24, 2.45) is 0 Å². The topological polar surface area (TPSA) is 47.6 Å². The first-order valence-electron chi connectivity index (χ1n) is 5.47. The zero-order valence-corrected chi connectivity index (χ0v) is 11.8. The van der Waals surface area contributed by atoms with E-state index in [-0.39, 0.29) is 17.7 Å². The predicted molar refractivity (Wildman–Crippen MR) is 70.0 cm³/mol. The van der Waals surface area contributed by atoms with Crippen molar-refractivity contribution >= 4 is 21.8 Å². The third-order valence-corrected chi connectivity index (χ3v) is 3.01. The Morgan fingerprint density at radius 2 is 2.00 bits per heavy atom. The van der Waals surface area contributed by atoms with Gasteiger partial charge in [-0.3, -0.25) is 4.79 Å². The second-order valence-electron chi connectivity index (χ2n) is 3.68. The summed E-state index contributed by atoms with van der Waals surface area (Å²) in [7, 11) is 1.54. The van der Waals surface area contributed by atoms with E-state index in [0.717, 1.165) is 0 Å². The highest BCUT2D eigenvalue weighted by atomic mass is 79.9. The van der Waals surface area contributed by atoms with Crippen molar-refractivity contribution in [3.8, 4) is 5.75 Å². The number of amides is 1.